The Morgan fingerprint density at radius 2 is 1.56 bits per heavy atom. The molecule has 50 heavy (non-hydrogen) atoms. The summed E-state index contributed by atoms with van der Waals surface area (Å²) in [6.45, 7) is 22.4. The average Bonchev–Trinajstić information content (AvgIpc) is 3.42. The van der Waals surface area contributed by atoms with Gasteiger partial charge in [-0.1, -0.05) is 58.6 Å². The van der Waals surface area contributed by atoms with Crippen LogP contribution in [-0.2, 0) is 19.1 Å². The third-order valence-corrected chi connectivity index (χ3v) is 16.6. The van der Waals surface area contributed by atoms with Crippen molar-refractivity contribution >= 4 is 17.9 Å². The van der Waals surface area contributed by atoms with Crippen LogP contribution in [0.25, 0.3) is 0 Å². The van der Waals surface area contributed by atoms with Crippen molar-refractivity contribution in [1.29, 1.82) is 0 Å². The zero-order chi connectivity index (χ0) is 36.7. The molecule has 0 radical (unpaired) electrons. The van der Waals surface area contributed by atoms with Gasteiger partial charge in [-0.25, -0.2) is 4.79 Å². The number of carbonyl (C=O) groups is 3. The van der Waals surface area contributed by atoms with Gasteiger partial charge in [0, 0.05) is 22.0 Å². The lowest BCUT2D eigenvalue weighted by molar-refractivity contribution is -0.247. The van der Waals surface area contributed by atoms with E-state index in [2.05, 4.69) is 60.0 Å². The van der Waals surface area contributed by atoms with Crippen molar-refractivity contribution in [2.45, 2.75) is 158 Å². The van der Waals surface area contributed by atoms with Crippen molar-refractivity contribution in [1.82, 2.24) is 0 Å². The summed E-state index contributed by atoms with van der Waals surface area (Å²) >= 11 is 0. The monoisotopic (exact) mass is 688 g/mol. The van der Waals surface area contributed by atoms with Gasteiger partial charge in [0.1, 0.15) is 6.10 Å². The second kappa shape index (κ2) is 12.5. The fourth-order valence-corrected chi connectivity index (χ4v) is 13.7. The summed E-state index contributed by atoms with van der Waals surface area (Å²) in [5.74, 6) is 7.73. The zero-order valence-corrected chi connectivity index (χ0v) is 32.3. The Hall–Kier alpha value is -2.55. The quantitative estimate of drug-likeness (QED) is 0.164. The summed E-state index contributed by atoms with van der Waals surface area (Å²) in [4.78, 5) is 36.9. The Kier molecular flexibility index (Phi) is 9.34. The maximum atomic E-state index is 13.1. The van der Waals surface area contributed by atoms with E-state index in [4.69, 9.17) is 4.74 Å². The molecule has 276 valence electrons. The Bertz CT molecular complexity index is 1540. The van der Waals surface area contributed by atoms with E-state index in [-0.39, 0.29) is 39.6 Å². The van der Waals surface area contributed by atoms with Crippen molar-refractivity contribution in [2.24, 2.45) is 62.1 Å². The van der Waals surface area contributed by atoms with Crippen molar-refractivity contribution in [3.63, 3.8) is 0 Å². The zero-order valence-electron chi connectivity index (χ0n) is 32.3. The Morgan fingerprint density at radius 3 is 2.22 bits per heavy atom. The average molecular weight is 689 g/mol. The summed E-state index contributed by atoms with van der Waals surface area (Å²) < 4.78 is 6.17. The molecule has 0 aliphatic heterocycles. The molecular formula is C44H64O6. The van der Waals surface area contributed by atoms with Crippen LogP contribution in [0.4, 0.5) is 0 Å². The van der Waals surface area contributed by atoms with Gasteiger partial charge in [0.2, 0.25) is 0 Å². The summed E-state index contributed by atoms with van der Waals surface area (Å²) in [6, 6.07) is 0. The number of fused-ring (bicyclic) bond motifs is 7. The van der Waals surface area contributed by atoms with Crippen molar-refractivity contribution < 1.29 is 29.3 Å². The van der Waals surface area contributed by atoms with Gasteiger partial charge in [0.15, 0.2) is 0 Å². The van der Waals surface area contributed by atoms with Crippen molar-refractivity contribution in [3.05, 3.63) is 23.3 Å². The Morgan fingerprint density at radius 1 is 0.860 bits per heavy atom. The van der Waals surface area contributed by atoms with Gasteiger partial charge in [-0.2, -0.15) is 0 Å². The minimum Gasteiger partial charge on any atom is -0.481 e. The molecule has 0 aromatic carbocycles. The summed E-state index contributed by atoms with van der Waals surface area (Å²) in [6.07, 6.45) is 14.0. The first-order chi connectivity index (χ1) is 23.2. The molecule has 0 saturated heterocycles. The minimum absolute atomic E-state index is 0.0781. The molecule has 0 heterocycles. The highest BCUT2D eigenvalue weighted by Gasteiger charge is 2.71. The fourth-order valence-electron chi connectivity index (χ4n) is 13.7. The molecule has 0 aromatic heterocycles. The second-order valence-corrected chi connectivity index (χ2v) is 19.8. The third-order valence-electron chi connectivity index (χ3n) is 16.6. The molecule has 5 fully saturated rings. The molecule has 0 aromatic rings. The first-order valence-electron chi connectivity index (χ1n) is 19.8. The molecule has 6 heteroatoms. The van der Waals surface area contributed by atoms with Gasteiger partial charge in [0.05, 0.1) is 11.8 Å². The van der Waals surface area contributed by atoms with Crippen molar-refractivity contribution in [2.75, 3.05) is 0 Å². The van der Waals surface area contributed by atoms with Gasteiger partial charge in [0.25, 0.3) is 0 Å². The number of hydrogen-bond donors (Lipinski definition) is 2. The number of carboxylic acid groups (broad SMARTS) is 2. The van der Waals surface area contributed by atoms with Crippen LogP contribution in [0.2, 0.25) is 0 Å². The Labute approximate surface area is 301 Å². The van der Waals surface area contributed by atoms with E-state index >= 15 is 0 Å². The largest absolute Gasteiger partial charge is 0.481 e. The van der Waals surface area contributed by atoms with Crippen LogP contribution in [0.3, 0.4) is 0 Å². The second-order valence-electron chi connectivity index (χ2n) is 19.8. The Balaban J connectivity index is 1.29. The van der Waals surface area contributed by atoms with E-state index in [1.165, 1.54) is 24.8 Å². The number of allylic oxidation sites excluding steroid dienone is 2. The van der Waals surface area contributed by atoms with Crippen molar-refractivity contribution in [3.8, 4) is 11.8 Å². The first-order valence-corrected chi connectivity index (χ1v) is 19.8. The number of esters is 1. The number of hydrogen-bond acceptors (Lipinski definition) is 4. The van der Waals surface area contributed by atoms with E-state index < -0.39 is 23.3 Å². The van der Waals surface area contributed by atoms with Crippen LogP contribution in [0.15, 0.2) is 23.3 Å². The number of ether oxygens (including phenoxy) is 1. The predicted octanol–water partition coefficient (Wildman–Crippen LogP) is 10.0. The molecule has 2 N–H and O–H groups in total. The molecular weight excluding hydrogens is 624 g/mol. The lowest BCUT2D eigenvalue weighted by atomic mass is 9.32. The van der Waals surface area contributed by atoms with Crippen LogP contribution in [0, 0.1) is 73.9 Å². The number of aliphatic carboxylic acids is 2. The van der Waals surface area contributed by atoms with Gasteiger partial charge >= 0.3 is 17.9 Å². The summed E-state index contributed by atoms with van der Waals surface area (Å²) in [7, 11) is 0. The predicted molar refractivity (Wildman–Crippen MR) is 196 cm³/mol. The maximum absolute atomic E-state index is 13.1. The molecule has 4 unspecified atom stereocenters. The van der Waals surface area contributed by atoms with Gasteiger partial charge < -0.3 is 14.9 Å². The van der Waals surface area contributed by atoms with E-state index in [1.54, 1.807) is 13.8 Å². The SMILES string of the molecule is C=C(C)[C@@H]1CC[C@]2(C#CC3=C(C(=O)O)CCCC3)CC[C@]3(C)C(CCC4[C@@]5(C)CC[C@H](OC(=O)CC(C)(C)C(=O)O)C(C)(C)C5CC[C@]43C)C12. The minimum atomic E-state index is -1.15. The number of carbonyl (C=O) groups excluding carboxylic acids is 1. The van der Waals surface area contributed by atoms with Gasteiger partial charge in [-0.3, -0.25) is 9.59 Å². The highest BCUT2D eigenvalue weighted by Crippen LogP contribution is 2.77. The van der Waals surface area contributed by atoms with E-state index in [1.807, 2.05) is 0 Å². The smallest absolute Gasteiger partial charge is 0.332 e. The van der Waals surface area contributed by atoms with Gasteiger partial charge in [-0.05, 0) is 156 Å². The standard InChI is InChI=1S/C44H64O6/c1-27(2)29-17-23-44(22-16-28-12-10-11-13-30(28)37(46)47)25-24-42(8)31(36(29)44)14-15-33-41(7)20-19-34(50-35(45)26-39(3,4)38(48)49)40(5,6)32(41)18-21-43(33,42)9/h29,31-34,36H,1,10-15,17-21,23-26H2,2-9H3,(H,46,47)(H,48,49)/t29-,31?,32?,33?,34-,36?,41-,42+,43+,44+/m0/s1. The summed E-state index contributed by atoms with van der Waals surface area (Å²) in [5, 5.41) is 19.5. The molecule has 0 spiro atoms. The third kappa shape index (κ3) is 5.62. The molecule has 0 amide bonds. The lowest BCUT2D eigenvalue weighted by Gasteiger charge is -2.72. The van der Waals surface area contributed by atoms with Crippen LogP contribution >= 0.6 is 0 Å². The molecule has 6 aliphatic carbocycles. The van der Waals surface area contributed by atoms with Crippen LogP contribution in [0.5, 0.6) is 0 Å². The van der Waals surface area contributed by atoms with Crippen LogP contribution in [0.1, 0.15) is 152 Å². The molecule has 6 rings (SSSR count). The number of carboxylic acids is 2. The number of rotatable bonds is 6. The van der Waals surface area contributed by atoms with E-state index in [0.29, 0.717) is 41.6 Å². The molecule has 5 saturated carbocycles. The molecule has 6 nitrogen and oxygen atoms in total. The van der Waals surface area contributed by atoms with Crippen LogP contribution in [-0.4, -0.2) is 34.2 Å². The highest BCUT2D eigenvalue weighted by atomic mass is 16.5. The highest BCUT2D eigenvalue weighted by molar-refractivity contribution is 5.88. The first kappa shape index (κ1) is 37.2. The maximum Gasteiger partial charge on any atom is 0.332 e. The normalized spacial score (nSPS) is 42.1. The van der Waals surface area contributed by atoms with Gasteiger partial charge in [-0.15, -0.1) is 0 Å². The molecule has 10 atom stereocenters. The molecule has 0 bridgehead atoms. The lowest BCUT2D eigenvalue weighted by Crippen LogP contribution is -2.66. The molecule has 6 aliphatic rings. The summed E-state index contributed by atoms with van der Waals surface area (Å²) in [5.41, 5.74) is 1.76. The van der Waals surface area contributed by atoms with Crippen LogP contribution < -0.4 is 0 Å². The topological polar surface area (TPSA) is 101 Å². The van der Waals surface area contributed by atoms with E-state index in [9.17, 15) is 24.6 Å². The fraction of sp³-hybridized carbons (Fsp3) is 0.795. The van der Waals surface area contributed by atoms with E-state index in [0.717, 1.165) is 69.8 Å².